The summed E-state index contributed by atoms with van der Waals surface area (Å²) < 4.78 is 15.4. The smallest absolute Gasteiger partial charge is 0.310 e. The quantitative estimate of drug-likeness (QED) is 0.534. The molecular weight excluding hydrogens is 224 g/mol. The van der Waals surface area contributed by atoms with E-state index in [4.69, 9.17) is 14.2 Å². The van der Waals surface area contributed by atoms with Gasteiger partial charge in [0.15, 0.2) is 0 Å². The molecule has 3 fully saturated rings. The van der Waals surface area contributed by atoms with Gasteiger partial charge in [0.25, 0.3) is 0 Å². The van der Waals surface area contributed by atoms with Crippen LogP contribution in [-0.2, 0) is 23.8 Å². The third-order valence-corrected chi connectivity index (χ3v) is 3.38. The molecule has 17 heavy (non-hydrogen) atoms. The summed E-state index contributed by atoms with van der Waals surface area (Å²) in [6.07, 6.45) is 2.21. The maximum atomic E-state index is 11.6. The monoisotopic (exact) mass is 240 g/mol. The van der Waals surface area contributed by atoms with Crippen molar-refractivity contribution in [3.05, 3.63) is 12.7 Å². The van der Waals surface area contributed by atoms with Gasteiger partial charge >= 0.3 is 11.9 Å². The Balaban J connectivity index is 2.05. The molecule has 0 aromatic carbocycles. The van der Waals surface area contributed by atoms with Crippen molar-refractivity contribution >= 4 is 11.9 Å². The number of hydrogen-bond acceptors (Lipinski definition) is 5. The van der Waals surface area contributed by atoms with Crippen molar-refractivity contribution in [1.82, 2.24) is 0 Å². The maximum absolute atomic E-state index is 11.6. The number of carbonyl (C=O) groups is 2. The molecule has 0 radical (unpaired) electrons. The summed E-state index contributed by atoms with van der Waals surface area (Å²) in [5.41, 5.74) is 0. The van der Waals surface area contributed by atoms with E-state index in [1.54, 1.807) is 6.08 Å². The molecular formula is C12H16O5. The van der Waals surface area contributed by atoms with Crippen LogP contribution >= 0.6 is 0 Å². The highest BCUT2D eigenvalue weighted by molar-refractivity contribution is 5.84. The molecule has 2 saturated heterocycles. The van der Waals surface area contributed by atoms with Gasteiger partial charge in [-0.05, 0) is 6.42 Å². The van der Waals surface area contributed by atoms with E-state index in [1.165, 1.54) is 7.11 Å². The van der Waals surface area contributed by atoms with E-state index in [1.807, 2.05) is 0 Å². The van der Waals surface area contributed by atoms with Crippen LogP contribution in [0.25, 0.3) is 0 Å². The van der Waals surface area contributed by atoms with Crippen LogP contribution in [-0.4, -0.2) is 37.9 Å². The average Bonchev–Trinajstić information content (AvgIpc) is 2.35. The number of rotatable bonds is 4. The van der Waals surface area contributed by atoms with E-state index in [0.717, 1.165) is 0 Å². The molecule has 3 rings (SSSR count). The second-order valence-electron chi connectivity index (χ2n) is 4.34. The fraction of sp³-hybridized carbons (Fsp3) is 0.667. The molecule has 2 heterocycles. The molecule has 3 aliphatic rings. The zero-order chi connectivity index (χ0) is 12.4. The lowest BCUT2D eigenvalue weighted by molar-refractivity contribution is -0.202. The van der Waals surface area contributed by atoms with Crippen LogP contribution < -0.4 is 0 Å². The molecule has 94 valence electrons. The molecule has 4 atom stereocenters. The predicted molar refractivity (Wildman–Crippen MR) is 58.0 cm³/mol. The summed E-state index contributed by atoms with van der Waals surface area (Å²) >= 11 is 0. The van der Waals surface area contributed by atoms with Crippen molar-refractivity contribution in [1.29, 1.82) is 0 Å². The molecule has 0 unspecified atom stereocenters. The fourth-order valence-corrected chi connectivity index (χ4v) is 2.53. The Morgan fingerprint density at radius 3 is 2.94 bits per heavy atom. The SMILES string of the molecule is C=CCO[C@@H]1C[C@@H]2C(=O)O[C@H]1C[C@H]2C(=O)OC. The van der Waals surface area contributed by atoms with Crippen LogP contribution in [0.3, 0.4) is 0 Å². The Kier molecular flexibility index (Phi) is 3.47. The zero-order valence-electron chi connectivity index (χ0n) is 9.76. The highest BCUT2D eigenvalue weighted by Gasteiger charge is 2.52. The summed E-state index contributed by atoms with van der Waals surface area (Å²) in [7, 11) is 1.33. The van der Waals surface area contributed by atoms with Crippen molar-refractivity contribution < 1.29 is 23.8 Å². The van der Waals surface area contributed by atoms with Gasteiger partial charge in [-0.25, -0.2) is 0 Å². The lowest BCUT2D eigenvalue weighted by Gasteiger charge is -2.43. The van der Waals surface area contributed by atoms with Crippen molar-refractivity contribution in [2.24, 2.45) is 11.8 Å². The second kappa shape index (κ2) is 4.87. The summed E-state index contributed by atoms with van der Waals surface area (Å²) in [5, 5.41) is 0. The Morgan fingerprint density at radius 1 is 1.59 bits per heavy atom. The third-order valence-electron chi connectivity index (χ3n) is 3.38. The zero-order valence-corrected chi connectivity index (χ0v) is 9.76. The standard InChI is InChI=1S/C12H16O5/c1-3-4-16-9-5-8-7(11(13)15-2)6-10(9)17-12(8)14/h3,7-10H,1,4-6H2,2H3/t7-,8+,9-,10+/m1/s1. The molecule has 0 aromatic rings. The minimum atomic E-state index is -0.428. The van der Waals surface area contributed by atoms with Gasteiger partial charge in [0.05, 0.1) is 31.7 Å². The van der Waals surface area contributed by atoms with E-state index in [2.05, 4.69) is 6.58 Å². The van der Waals surface area contributed by atoms with E-state index in [0.29, 0.717) is 19.4 Å². The van der Waals surface area contributed by atoms with Gasteiger partial charge in [-0.2, -0.15) is 0 Å². The molecule has 5 nitrogen and oxygen atoms in total. The van der Waals surface area contributed by atoms with Crippen molar-refractivity contribution in [3.63, 3.8) is 0 Å². The second-order valence-corrected chi connectivity index (χ2v) is 4.34. The van der Waals surface area contributed by atoms with E-state index >= 15 is 0 Å². The van der Waals surface area contributed by atoms with Gasteiger partial charge in [-0.3, -0.25) is 9.59 Å². The molecule has 0 amide bonds. The van der Waals surface area contributed by atoms with Gasteiger partial charge in [0, 0.05) is 6.42 Å². The van der Waals surface area contributed by atoms with Gasteiger partial charge in [0.2, 0.25) is 0 Å². The minimum Gasteiger partial charge on any atom is -0.469 e. The van der Waals surface area contributed by atoms with Crippen LogP contribution in [0.15, 0.2) is 12.7 Å². The summed E-state index contributed by atoms with van der Waals surface area (Å²) in [4.78, 5) is 23.1. The molecule has 2 bridgehead atoms. The number of carbonyl (C=O) groups excluding carboxylic acids is 2. The lowest BCUT2D eigenvalue weighted by atomic mass is 9.74. The number of ether oxygens (including phenoxy) is 3. The Hall–Kier alpha value is -1.36. The molecule has 1 saturated carbocycles. The highest BCUT2D eigenvalue weighted by atomic mass is 16.6. The van der Waals surface area contributed by atoms with Gasteiger partial charge < -0.3 is 14.2 Å². The summed E-state index contributed by atoms with van der Waals surface area (Å²) in [5.74, 6) is -1.45. The predicted octanol–water partition coefficient (Wildman–Crippen LogP) is 0.682. The van der Waals surface area contributed by atoms with Crippen LogP contribution in [0.1, 0.15) is 12.8 Å². The first kappa shape index (κ1) is 12.1. The Bertz CT molecular complexity index is 338. The first-order chi connectivity index (χ1) is 8.17. The van der Waals surface area contributed by atoms with Crippen LogP contribution in [0.5, 0.6) is 0 Å². The van der Waals surface area contributed by atoms with Crippen molar-refractivity contribution in [2.75, 3.05) is 13.7 Å². The van der Waals surface area contributed by atoms with Gasteiger partial charge in [-0.15, -0.1) is 6.58 Å². The molecule has 5 heteroatoms. The Labute approximate surface area is 99.7 Å². The average molecular weight is 240 g/mol. The van der Waals surface area contributed by atoms with E-state index in [9.17, 15) is 9.59 Å². The Morgan fingerprint density at radius 2 is 2.35 bits per heavy atom. The normalized spacial score (nSPS) is 35.2. The number of fused-ring (bicyclic) bond motifs is 3. The van der Waals surface area contributed by atoms with E-state index in [-0.39, 0.29) is 30.1 Å². The summed E-state index contributed by atoms with van der Waals surface area (Å²) in [6, 6.07) is 0. The largest absolute Gasteiger partial charge is 0.469 e. The van der Waals surface area contributed by atoms with E-state index < -0.39 is 5.92 Å². The topological polar surface area (TPSA) is 61.8 Å². The lowest BCUT2D eigenvalue weighted by Crippen LogP contribution is -2.54. The minimum absolute atomic E-state index is 0.128. The number of esters is 2. The summed E-state index contributed by atoms with van der Waals surface area (Å²) in [6.45, 7) is 4.00. The number of methoxy groups -OCH3 is 1. The van der Waals surface area contributed by atoms with Gasteiger partial charge in [0.1, 0.15) is 6.10 Å². The van der Waals surface area contributed by atoms with Crippen molar-refractivity contribution in [2.45, 2.75) is 25.0 Å². The molecule has 0 spiro atoms. The molecule has 1 aliphatic carbocycles. The first-order valence-corrected chi connectivity index (χ1v) is 5.68. The van der Waals surface area contributed by atoms with Gasteiger partial charge in [-0.1, -0.05) is 6.08 Å². The van der Waals surface area contributed by atoms with Crippen LogP contribution in [0.4, 0.5) is 0 Å². The molecule has 0 aromatic heterocycles. The molecule has 2 aliphatic heterocycles. The fourth-order valence-electron chi connectivity index (χ4n) is 2.53. The third kappa shape index (κ3) is 2.20. The highest BCUT2D eigenvalue weighted by Crippen LogP contribution is 2.40. The maximum Gasteiger partial charge on any atom is 0.310 e. The van der Waals surface area contributed by atoms with Crippen molar-refractivity contribution in [3.8, 4) is 0 Å². The first-order valence-electron chi connectivity index (χ1n) is 5.68. The number of hydrogen-bond donors (Lipinski definition) is 0. The van der Waals surface area contributed by atoms with Crippen LogP contribution in [0, 0.1) is 11.8 Å². The molecule has 0 N–H and O–H groups in total. The van der Waals surface area contributed by atoms with Crippen LogP contribution in [0.2, 0.25) is 0 Å².